The molecule has 0 spiro atoms. The summed E-state index contributed by atoms with van der Waals surface area (Å²) in [6.07, 6.45) is 6.69. The number of urea groups is 1. The van der Waals surface area contributed by atoms with Gasteiger partial charge in [0.15, 0.2) is 0 Å². The van der Waals surface area contributed by atoms with Gasteiger partial charge < -0.3 is 25.6 Å². The quantitative estimate of drug-likeness (QED) is 0.336. The fourth-order valence-electron chi connectivity index (χ4n) is 7.06. The van der Waals surface area contributed by atoms with Gasteiger partial charge in [-0.25, -0.2) is 18.0 Å². The van der Waals surface area contributed by atoms with E-state index in [1.165, 1.54) is 4.90 Å². The number of ether oxygens (including phenoxy) is 1. The van der Waals surface area contributed by atoms with E-state index >= 15 is 0 Å². The lowest BCUT2D eigenvalue weighted by molar-refractivity contribution is -0.141. The predicted octanol–water partition coefficient (Wildman–Crippen LogP) is 2.58. The average molecular weight is 713 g/mol. The lowest BCUT2D eigenvalue weighted by Gasteiger charge is -2.30. The van der Waals surface area contributed by atoms with Crippen molar-refractivity contribution in [1.29, 1.82) is 0 Å². The van der Waals surface area contributed by atoms with E-state index in [1.807, 2.05) is 57.2 Å². The molecule has 0 bridgehead atoms. The first-order valence-electron chi connectivity index (χ1n) is 17.6. The van der Waals surface area contributed by atoms with Crippen LogP contribution in [-0.2, 0) is 42.2 Å². The molecule has 3 aliphatic heterocycles. The predicted molar refractivity (Wildman–Crippen MR) is 183 cm³/mol. The lowest BCUT2D eigenvalue weighted by atomic mass is 10.0. The molecule has 4 N–H and O–H groups in total. The first-order chi connectivity index (χ1) is 23.6. The Hall–Kier alpha value is -4.14. The highest BCUT2D eigenvalue weighted by Crippen LogP contribution is 2.46. The molecule has 1 saturated heterocycles. The first-order valence-corrected chi connectivity index (χ1v) is 19.2. The first kappa shape index (κ1) is 35.7. The number of carbonyl (C=O) groups excluding carboxylic acids is 5. The third-order valence-corrected chi connectivity index (χ3v) is 11.8. The molecule has 15 heteroatoms. The summed E-state index contributed by atoms with van der Waals surface area (Å²) >= 11 is 0. The summed E-state index contributed by atoms with van der Waals surface area (Å²) in [4.78, 5) is 71.3. The van der Waals surface area contributed by atoms with Gasteiger partial charge in [0.2, 0.25) is 21.8 Å². The van der Waals surface area contributed by atoms with Gasteiger partial charge in [0.25, 0.3) is 5.91 Å². The van der Waals surface area contributed by atoms with Crippen LogP contribution in [0.5, 0.6) is 0 Å². The van der Waals surface area contributed by atoms with Crippen LogP contribution >= 0.6 is 0 Å². The molecule has 6 rings (SSSR count). The van der Waals surface area contributed by atoms with Crippen LogP contribution in [0.1, 0.15) is 89.7 Å². The molecule has 0 aromatic heterocycles. The number of amides is 6. The van der Waals surface area contributed by atoms with E-state index in [-0.39, 0.29) is 19.4 Å². The number of nitrogens with one attached hydrogen (secondary N) is 4. The number of carbonyl (C=O) groups is 5. The van der Waals surface area contributed by atoms with E-state index in [9.17, 15) is 32.4 Å². The van der Waals surface area contributed by atoms with Gasteiger partial charge in [-0.15, -0.1) is 0 Å². The van der Waals surface area contributed by atoms with E-state index in [4.69, 9.17) is 4.74 Å². The number of hydrogen-bond acceptors (Lipinski definition) is 8. The van der Waals surface area contributed by atoms with Crippen LogP contribution in [-0.4, -0.2) is 89.1 Å². The second-order valence-electron chi connectivity index (χ2n) is 15.3. The van der Waals surface area contributed by atoms with Crippen LogP contribution in [0, 0.1) is 5.92 Å². The topological polar surface area (TPSA) is 183 Å². The zero-order valence-corrected chi connectivity index (χ0v) is 29.7. The second kappa shape index (κ2) is 13.9. The fraction of sp³-hybridized carbons (Fsp3) is 0.629. The number of rotatable bonds is 5. The number of allylic oxidation sites excluding steroid dienone is 1. The standard InChI is InChI=1S/C35H48N6O8S/c1-34(2,3)38-32(45)36-27-14-8-6-4-5-7-13-24-18-35(24,31(44)39-50(47,48)26-15-16-26)37-29(42)28-17-25(21-41(28)30(27)43)49-33(46)40-19-22-11-9-10-12-23(22)20-40/h7,9-13,24-28H,4-6,8,14-21H2,1-3H3,(H,37,42)(H,39,44)(H2,36,38,45)/b13-7-/t24-,25+,27-,28-,35+/m0/s1. The molecule has 14 nitrogen and oxygen atoms in total. The van der Waals surface area contributed by atoms with E-state index in [0.29, 0.717) is 45.2 Å². The summed E-state index contributed by atoms with van der Waals surface area (Å²) in [7, 11) is -3.89. The van der Waals surface area contributed by atoms with Crippen molar-refractivity contribution in [2.45, 2.75) is 126 Å². The molecular weight excluding hydrogens is 664 g/mol. The smallest absolute Gasteiger partial charge is 0.410 e. The SMILES string of the molecule is CC(C)(C)NC(=O)N[C@H]1CCCCC/C=C\[C@H]2C[C@@]2(C(=O)NS(=O)(=O)C2CC2)NC(=O)[C@@H]2C[C@@H](OC(=O)N3Cc4ccccc4C3)CN2C1=O. The minimum Gasteiger partial charge on any atom is -0.444 e. The molecule has 5 atom stereocenters. The Morgan fingerprint density at radius 1 is 1.00 bits per heavy atom. The average Bonchev–Trinajstić information content (AvgIpc) is 3.92. The Kier molecular flexibility index (Phi) is 9.90. The van der Waals surface area contributed by atoms with Gasteiger partial charge in [-0.2, -0.15) is 0 Å². The summed E-state index contributed by atoms with van der Waals surface area (Å²) in [6.45, 7) is 6.12. The lowest BCUT2D eigenvalue weighted by Crippen LogP contribution is -2.59. The van der Waals surface area contributed by atoms with Gasteiger partial charge >= 0.3 is 12.1 Å². The van der Waals surface area contributed by atoms with Crippen molar-refractivity contribution in [3.05, 3.63) is 47.5 Å². The van der Waals surface area contributed by atoms with Crippen molar-refractivity contribution < 1.29 is 37.1 Å². The van der Waals surface area contributed by atoms with Gasteiger partial charge in [0.1, 0.15) is 23.7 Å². The maximum Gasteiger partial charge on any atom is 0.410 e. The van der Waals surface area contributed by atoms with E-state index in [2.05, 4.69) is 20.7 Å². The van der Waals surface area contributed by atoms with Crippen LogP contribution in [0.4, 0.5) is 9.59 Å². The molecule has 50 heavy (non-hydrogen) atoms. The van der Waals surface area contributed by atoms with Crippen LogP contribution < -0.4 is 20.7 Å². The molecule has 2 aliphatic carbocycles. The Labute approximate surface area is 293 Å². The van der Waals surface area contributed by atoms with Crippen molar-refractivity contribution >= 4 is 39.9 Å². The summed E-state index contributed by atoms with van der Waals surface area (Å²) in [5.74, 6) is -2.40. The van der Waals surface area contributed by atoms with Crippen molar-refractivity contribution in [2.75, 3.05) is 6.54 Å². The normalized spacial score (nSPS) is 29.3. The molecule has 5 aliphatic rings. The zero-order valence-electron chi connectivity index (χ0n) is 28.9. The number of hydrogen-bond donors (Lipinski definition) is 4. The molecule has 272 valence electrons. The van der Waals surface area contributed by atoms with Gasteiger partial charge in [-0.05, 0) is 70.4 Å². The Balaban J connectivity index is 1.25. The van der Waals surface area contributed by atoms with Crippen molar-refractivity contribution in [1.82, 2.24) is 30.5 Å². The fourth-order valence-corrected chi connectivity index (χ4v) is 8.43. The minimum atomic E-state index is -3.89. The van der Waals surface area contributed by atoms with Crippen LogP contribution in [0.25, 0.3) is 0 Å². The molecule has 6 amide bonds. The van der Waals surface area contributed by atoms with Gasteiger partial charge in [-0.1, -0.05) is 49.3 Å². The van der Waals surface area contributed by atoms with E-state index in [0.717, 1.165) is 24.0 Å². The van der Waals surface area contributed by atoms with Gasteiger partial charge in [0, 0.05) is 31.0 Å². The molecule has 0 unspecified atom stereocenters. The Bertz CT molecular complexity index is 1650. The van der Waals surface area contributed by atoms with Crippen LogP contribution in [0.3, 0.4) is 0 Å². The number of nitrogens with zero attached hydrogens (tertiary/aromatic N) is 2. The van der Waals surface area contributed by atoms with Crippen molar-refractivity contribution in [3.8, 4) is 0 Å². The molecular formula is C35H48N6O8S. The Morgan fingerprint density at radius 3 is 2.36 bits per heavy atom. The van der Waals surface area contributed by atoms with Crippen molar-refractivity contribution in [2.24, 2.45) is 5.92 Å². The molecule has 2 saturated carbocycles. The highest BCUT2D eigenvalue weighted by molar-refractivity contribution is 7.91. The summed E-state index contributed by atoms with van der Waals surface area (Å²) in [5.41, 5.74) is -0.0427. The molecule has 3 fully saturated rings. The maximum atomic E-state index is 14.3. The molecule has 1 aromatic carbocycles. The monoisotopic (exact) mass is 712 g/mol. The minimum absolute atomic E-state index is 0.0381. The second-order valence-corrected chi connectivity index (χ2v) is 17.2. The summed E-state index contributed by atoms with van der Waals surface area (Å²) in [5, 5.41) is 7.83. The molecule has 0 radical (unpaired) electrons. The zero-order chi connectivity index (χ0) is 35.8. The number of fused-ring (bicyclic) bond motifs is 3. The molecule has 3 heterocycles. The van der Waals surface area contributed by atoms with E-state index in [1.54, 1.807) is 4.90 Å². The van der Waals surface area contributed by atoms with Crippen LogP contribution in [0.2, 0.25) is 0 Å². The van der Waals surface area contributed by atoms with Crippen LogP contribution in [0.15, 0.2) is 36.4 Å². The van der Waals surface area contributed by atoms with Crippen molar-refractivity contribution in [3.63, 3.8) is 0 Å². The summed E-state index contributed by atoms with van der Waals surface area (Å²) < 4.78 is 33.6. The Morgan fingerprint density at radius 2 is 1.70 bits per heavy atom. The molecule has 1 aromatic rings. The van der Waals surface area contributed by atoms with Gasteiger partial charge in [-0.3, -0.25) is 24.0 Å². The maximum absolute atomic E-state index is 14.3. The van der Waals surface area contributed by atoms with E-state index < -0.39 is 80.3 Å². The number of sulfonamides is 1. The highest BCUT2D eigenvalue weighted by Gasteiger charge is 2.62. The van der Waals surface area contributed by atoms with Gasteiger partial charge in [0.05, 0.1) is 11.8 Å². The summed E-state index contributed by atoms with van der Waals surface area (Å²) in [6, 6.07) is 5.06. The third-order valence-electron chi connectivity index (χ3n) is 10.0. The third kappa shape index (κ3) is 8.08. The highest BCUT2D eigenvalue weighted by atomic mass is 32.2. The number of benzene rings is 1. The largest absolute Gasteiger partial charge is 0.444 e.